The minimum absolute atomic E-state index is 0.281. The molecule has 4 nitrogen and oxygen atoms in total. The molecule has 2 fully saturated rings. The zero-order valence-corrected chi connectivity index (χ0v) is 19.2. The van der Waals surface area contributed by atoms with Crippen molar-refractivity contribution in [3.05, 3.63) is 28.8 Å². The van der Waals surface area contributed by atoms with Gasteiger partial charge in [-0.1, -0.05) is 45.2 Å². The van der Waals surface area contributed by atoms with Gasteiger partial charge in [0.2, 0.25) is 0 Å². The molecule has 1 aromatic rings. The maximum absolute atomic E-state index is 12.7. The van der Waals surface area contributed by atoms with Gasteiger partial charge in [-0.25, -0.2) is 4.79 Å². The van der Waals surface area contributed by atoms with Crippen molar-refractivity contribution in [3.63, 3.8) is 0 Å². The molecular weight excluding hydrogens is 384 g/mol. The highest BCUT2D eigenvalue weighted by molar-refractivity contribution is 7.99. The average molecular weight is 421 g/mol. The third kappa shape index (κ3) is 5.29. The maximum Gasteiger partial charge on any atom is 0.341 e. The molecule has 0 aromatic heterocycles. The molecule has 1 heterocycles. The lowest BCUT2D eigenvalue weighted by atomic mass is 9.80. The van der Waals surface area contributed by atoms with Crippen LogP contribution in [0.15, 0.2) is 12.1 Å². The third-order valence-corrected chi connectivity index (χ3v) is 8.18. The van der Waals surface area contributed by atoms with Gasteiger partial charge < -0.3 is 14.2 Å². The van der Waals surface area contributed by atoms with Crippen LogP contribution in [0.1, 0.15) is 79.8 Å². The largest absolute Gasteiger partial charge is 0.496 e. The Morgan fingerprint density at radius 3 is 2.72 bits per heavy atom. The molecule has 2 aliphatic rings. The highest BCUT2D eigenvalue weighted by Gasteiger charge is 2.30. The Hall–Kier alpha value is -1.20. The van der Waals surface area contributed by atoms with E-state index >= 15 is 0 Å². The highest BCUT2D eigenvalue weighted by Crippen LogP contribution is 2.42. The van der Waals surface area contributed by atoms with Crippen molar-refractivity contribution >= 4 is 17.7 Å². The van der Waals surface area contributed by atoms with Crippen LogP contribution in [0.4, 0.5) is 0 Å². The van der Waals surface area contributed by atoms with Crippen molar-refractivity contribution in [2.75, 3.05) is 27.4 Å². The first-order valence-corrected chi connectivity index (χ1v) is 12.1. The van der Waals surface area contributed by atoms with Crippen LogP contribution >= 0.6 is 11.8 Å². The third-order valence-electron chi connectivity index (χ3n) is 6.62. The number of hydrogen-bond donors (Lipinski definition) is 0. The Bertz CT molecular complexity index is 684. The van der Waals surface area contributed by atoms with E-state index < -0.39 is 0 Å². The van der Waals surface area contributed by atoms with Crippen molar-refractivity contribution < 1.29 is 19.0 Å². The van der Waals surface area contributed by atoms with Gasteiger partial charge in [0.05, 0.1) is 20.8 Å². The minimum atomic E-state index is -0.307. The van der Waals surface area contributed by atoms with Crippen molar-refractivity contribution in [2.45, 2.75) is 69.3 Å². The summed E-state index contributed by atoms with van der Waals surface area (Å²) in [6, 6.07) is 4.23. The SMILES string of the molecule is CCCC1CCC(C)C(SCc2ccc(C3CCOC3)c(OC)c2C(=O)OC)C1. The summed E-state index contributed by atoms with van der Waals surface area (Å²) in [7, 11) is 3.10. The number of ether oxygens (including phenoxy) is 3. The topological polar surface area (TPSA) is 44.8 Å². The molecule has 0 N–H and O–H groups in total. The molecule has 3 rings (SSSR count). The Kier molecular flexibility index (Phi) is 8.31. The molecule has 4 atom stereocenters. The van der Waals surface area contributed by atoms with Crippen LogP contribution in [0.3, 0.4) is 0 Å². The van der Waals surface area contributed by atoms with Gasteiger partial charge in [0.15, 0.2) is 0 Å². The first-order chi connectivity index (χ1) is 14.1. The maximum atomic E-state index is 12.7. The molecule has 1 saturated heterocycles. The van der Waals surface area contributed by atoms with E-state index in [0.717, 1.165) is 41.7 Å². The molecule has 1 aliphatic heterocycles. The summed E-state index contributed by atoms with van der Waals surface area (Å²) >= 11 is 2.00. The summed E-state index contributed by atoms with van der Waals surface area (Å²) in [5.74, 6) is 3.04. The molecule has 0 bridgehead atoms. The van der Waals surface area contributed by atoms with Gasteiger partial charge in [-0.2, -0.15) is 11.8 Å². The summed E-state index contributed by atoms with van der Waals surface area (Å²) in [6.45, 7) is 6.11. The summed E-state index contributed by atoms with van der Waals surface area (Å²) in [5.41, 5.74) is 2.68. The quantitative estimate of drug-likeness (QED) is 0.496. The summed E-state index contributed by atoms with van der Waals surface area (Å²) in [4.78, 5) is 12.7. The van der Waals surface area contributed by atoms with Gasteiger partial charge in [-0.15, -0.1) is 0 Å². The number of esters is 1. The van der Waals surface area contributed by atoms with Gasteiger partial charge in [-0.05, 0) is 36.7 Å². The van der Waals surface area contributed by atoms with E-state index in [1.54, 1.807) is 7.11 Å². The van der Waals surface area contributed by atoms with E-state index in [4.69, 9.17) is 14.2 Å². The second kappa shape index (κ2) is 10.7. The van der Waals surface area contributed by atoms with Gasteiger partial charge in [0, 0.05) is 29.1 Å². The molecule has 5 heteroatoms. The first kappa shape index (κ1) is 22.5. The average Bonchev–Trinajstić information content (AvgIpc) is 3.27. The fourth-order valence-electron chi connectivity index (χ4n) is 4.87. The van der Waals surface area contributed by atoms with Crippen LogP contribution < -0.4 is 4.74 Å². The molecule has 1 saturated carbocycles. The van der Waals surface area contributed by atoms with Gasteiger partial charge in [-0.3, -0.25) is 0 Å². The lowest BCUT2D eigenvalue weighted by Crippen LogP contribution is -2.25. The summed E-state index contributed by atoms with van der Waals surface area (Å²) < 4.78 is 16.4. The molecule has 1 aromatic carbocycles. The number of carbonyl (C=O) groups excluding carboxylic acids is 1. The molecular formula is C24H36O4S. The van der Waals surface area contributed by atoms with Crippen molar-refractivity contribution in [2.24, 2.45) is 11.8 Å². The van der Waals surface area contributed by atoms with Crippen LogP contribution in [0.2, 0.25) is 0 Å². The summed E-state index contributed by atoms with van der Waals surface area (Å²) in [6.07, 6.45) is 7.54. The summed E-state index contributed by atoms with van der Waals surface area (Å²) in [5, 5.41) is 0.653. The number of methoxy groups -OCH3 is 2. The van der Waals surface area contributed by atoms with E-state index in [-0.39, 0.29) is 11.9 Å². The van der Waals surface area contributed by atoms with Gasteiger partial charge in [0.1, 0.15) is 11.3 Å². The Morgan fingerprint density at radius 1 is 1.24 bits per heavy atom. The number of benzene rings is 1. The lowest BCUT2D eigenvalue weighted by Gasteiger charge is -2.34. The molecule has 162 valence electrons. The van der Waals surface area contributed by atoms with Crippen LogP contribution in [0, 0.1) is 11.8 Å². The molecule has 29 heavy (non-hydrogen) atoms. The standard InChI is InChI=1S/C24H36O4S/c1-5-6-17-8-7-16(2)21(13-17)29-15-19-9-10-20(18-11-12-28-14-18)23(26-3)22(19)24(25)27-4/h9-10,16-18,21H,5-8,11-15H2,1-4H3. The Balaban J connectivity index is 1.81. The normalized spacial score (nSPS) is 27.0. The molecule has 4 unspecified atom stereocenters. The van der Waals surface area contributed by atoms with E-state index in [0.29, 0.717) is 23.2 Å². The van der Waals surface area contributed by atoms with Gasteiger partial charge >= 0.3 is 5.97 Å². The predicted molar refractivity (Wildman–Crippen MR) is 119 cm³/mol. The smallest absolute Gasteiger partial charge is 0.341 e. The van der Waals surface area contributed by atoms with Crippen molar-refractivity contribution in [1.82, 2.24) is 0 Å². The monoisotopic (exact) mass is 420 g/mol. The van der Waals surface area contributed by atoms with Crippen LogP contribution in [-0.4, -0.2) is 38.7 Å². The number of thioether (sulfide) groups is 1. The second-order valence-electron chi connectivity index (χ2n) is 8.57. The first-order valence-electron chi connectivity index (χ1n) is 11.1. The zero-order chi connectivity index (χ0) is 20.8. The fraction of sp³-hybridized carbons (Fsp3) is 0.708. The van der Waals surface area contributed by atoms with Crippen LogP contribution in [0.5, 0.6) is 5.75 Å². The lowest BCUT2D eigenvalue weighted by molar-refractivity contribution is 0.0595. The van der Waals surface area contributed by atoms with Gasteiger partial charge in [0.25, 0.3) is 0 Å². The van der Waals surface area contributed by atoms with Crippen molar-refractivity contribution in [3.8, 4) is 5.75 Å². The Morgan fingerprint density at radius 2 is 2.07 bits per heavy atom. The number of rotatable bonds is 8. The fourth-order valence-corrected chi connectivity index (χ4v) is 6.38. The van der Waals surface area contributed by atoms with Crippen LogP contribution in [-0.2, 0) is 15.2 Å². The van der Waals surface area contributed by atoms with E-state index in [2.05, 4.69) is 26.0 Å². The molecule has 1 aliphatic carbocycles. The zero-order valence-electron chi connectivity index (χ0n) is 18.4. The molecule has 0 radical (unpaired) electrons. The van der Waals surface area contributed by atoms with E-state index in [1.807, 2.05) is 11.8 Å². The van der Waals surface area contributed by atoms with Crippen LogP contribution in [0.25, 0.3) is 0 Å². The predicted octanol–water partition coefficient (Wildman–Crippen LogP) is 5.82. The molecule has 0 amide bonds. The molecule has 0 spiro atoms. The van der Waals surface area contributed by atoms with E-state index in [9.17, 15) is 4.79 Å². The second-order valence-corrected chi connectivity index (χ2v) is 9.80. The van der Waals surface area contributed by atoms with E-state index in [1.165, 1.54) is 39.2 Å². The number of carbonyl (C=O) groups is 1. The number of hydrogen-bond acceptors (Lipinski definition) is 5. The highest BCUT2D eigenvalue weighted by atomic mass is 32.2. The van der Waals surface area contributed by atoms with Crippen molar-refractivity contribution in [1.29, 1.82) is 0 Å². The minimum Gasteiger partial charge on any atom is -0.496 e. The Labute approximate surface area is 180 Å².